The lowest BCUT2D eigenvalue weighted by atomic mass is 10.1. The quantitative estimate of drug-likeness (QED) is 0.649. The van der Waals surface area contributed by atoms with Crippen LogP contribution in [0.5, 0.6) is 0 Å². The van der Waals surface area contributed by atoms with Crippen LogP contribution in [-0.2, 0) is 4.74 Å². The fourth-order valence-electron chi connectivity index (χ4n) is 2.41. The van der Waals surface area contributed by atoms with Crippen molar-refractivity contribution >= 4 is 39.8 Å². The standard InChI is InChI=1S/C19H16N2O5S/c1-11-10-15(21-17(22)14-8-5-9-26-14)27-16(11)18(23)20-13-7-4-3-6-12(13)19(24)25-2/h3-10H,1-2H3,(H,20,23)(H,21,22). The van der Waals surface area contributed by atoms with Crippen LogP contribution in [0.2, 0.25) is 0 Å². The molecule has 0 fully saturated rings. The van der Waals surface area contributed by atoms with Crippen LogP contribution in [0.3, 0.4) is 0 Å². The molecule has 0 saturated carbocycles. The topological polar surface area (TPSA) is 97.6 Å². The second-order valence-corrected chi connectivity index (χ2v) is 6.60. The molecule has 27 heavy (non-hydrogen) atoms. The summed E-state index contributed by atoms with van der Waals surface area (Å²) in [6.07, 6.45) is 1.41. The smallest absolute Gasteiger partial charge is 0.339 e. The van der Waals surface area contributed by atoms with E-state index in [9.17, 15) is 14.4 Å². The Bertz CT molecular complexity index is 991. The van der Waals surface area contributed by atoms with Crippen molar-refractivity contribution in [2.75, 3.05) is 17.7 Å². The second kappa shape index (κ2) is 7.88. The molecule has 2 aromatic heterocycles. The fraction of sp³-hybridized carbons (Fsp3) is 0.105. The van der Waals surface area contributed by atoms with Gasteiger partial charge in [-0.05, 0) is 42.8 Å². The molecule has 8 heteroatoms. The molecule has 2 N–H and O–H groups in total. The number of rotatable bonds is 5. The number of carbonyl (C=O) groups is 3. The van der Waals surface area contributed by atoms with E-state index in [-0.39, 0.29) is 17.2 Å². The summed E-state index contributed by atoms with van der Waals surface area (Å²) >= 11 is 1.13. The van der Waals surface area contributed by atoms with Gasteiger partial charge in [-0.15, -0.1) is 11.3 Å². The van der Waals surface area contributed by atoms with Crippen LogP contribution in [-0.4, -0.2) is 24.9 Å². The van der Waals surface area contributed by atoms with Crippen LogP contribution in [0.1, 0.15) is 36.1 Å². The predicted molar refractivity (Wildman–Crippen MR) is 101 cm³/mol. The number of para-hydroxylation sites is 1. The van der Waals surface area contributed by atoms with Crippen LogP contribution in [0.25, 0.3) is 0 Å². The Balaban J connectivity index is 1.77. The summed E-state index contributed by atoms with van der Waals surface area (Å²) in [5.74, 6) is -1.14. The van der Waals surface area contributed by atoms with Crippen molar-refractivity contribution in [3.05, 3.63) is 70.5 Å². The van der Waals surface area contributed by atoms with Gasteiger partial charge in [0.05, 0.1) is 34.5 Å². The molecule has 0 radical (unpaired) electrons. The highest BCUT2D eigenvalue weighted by Crippen LogP contribution is 2.28. The zero-order valence-corrected chi connectivity index (χ0v) is 15.4. The van der Waals surface area contributed by atoms with E-state index < -0.39 is 11.9 Å². The van der Waals surface area contributed by atoms with E-state index in [0.29, 0.717) is 21.1 Å². The van der Waals surface area contributed by atoms with Crippen molar-refractivity contribution in [3.8, 4) is 0 Å². The van der Waals surface area contributed by atoms with Gasteiger partial charge in [0.15, 0.2) is 5.76 Å². The molecule has 0 aliphatic carbocycles. The van der Waals surface area contributed by atoms with Crippen molar-refractivity contribution in [2.45, 2.75) is 6.92 Å². The van der Waals surface area contributed by atoms with Gasteiger partial charge in [-0.1, -0.05) is 12.1 Å². The zero-order valence-electron chi connectivity index (χ0n) is 14.6. The third-order valence-corrected chi connectivity index (χ3v) is 4.84. The Kier molecular flexibility index (Phi) is 5.37. The van der Waals surface area contributed by atoms with Gasteiger partial charge in [-0.3, -0.25) is 9.59 Å². The number of hydrogen-bond acceptors (Lipinski definition) is 6. The lowest BCUT2D eigenvalue weighted by molar-refractivity contribution is 0.0602. The highest BCUT2D eigenvalue weighted by Gasteiger charge is 2.19. The van der Waals surface area contributed by atoms with Gasteiger partial charge in [-0.25, -0.2) is 4.79 Å². The van der Waals surface area contributed by atoms with E-state index in [2.05, 4.69) is 10.6 Å². The van der Waals surface area contributed by atoms with Crippen molar-refractivity contribution in [1.82, 2.24) is 0 Å². The summed E-state index contributed by atoms with van der Waals surface area (Å²) in [6.45, 7) is 1.76. The first-order valence-corrected chi connectivity index (χ1v) is 8.75. The number of amides is 2. The zero-order chi connectivity index (χ0) is 19.4. The van der Waals surface area contributed by atoms with Crippen molar-refractivity contribution in [1.29, 1.82) is 0 Å². The van der Waals surface area contributed by atoms with E-state index in [0.717, 1.165) is 11.3 Å². The Labute approximate surface area is 159 Å². The Hall–Kier alpha value is -3.39. The van der Waals surface area contributed by atoms with E-state index in [1.165, 1.54) is 13.4 Å². The number of methoxy groups -OCH3 is 1. The van der Waals surface area contributed by atoms with E-state index in [1.807, 2.05) is 0 Å². The molecule has 3 aromatic rings. The molecule has 0 aliphatic rings. The molecule has 0 atom stereocenters. The highest BCUT2D eigenvalue weighted by molar-refractivity contribution is 7.18. The molecule has 0 bridgehead atoms. The summed E-state index contributed by atoms with van der Waals surface area (Å²) < 4.78 is 9.77. The number of esters is 1. The van der Waals surface area contributed by atoms with Gasteiger partial charge in [0.2, 0.25) is 0 Å². The predicted octanol–water partition coefficient (Wildman–Crippen LogP) is 3.94. The van der Waals surface area contributed by atoms with Gasteiger partial charge in [0.1, 0.15) is 0 Å². The van der Waals surface area contributed by atoms with Crippen LogP contribution >= 0.6 is 11.3 Å². The summed E-state index contributed by atoms with van der Waals surface area (Å²) in [7, 11) is 1.28. The maximum absolute atomic E-state index is 12.6. The number of aryl methyl sites for hydroxylation is 1. The molecule has 7 nitrogen and oxygen atoms in total. The lowest BCUT2D eigenvalue weighted by Crippen LogP contribution is -2.15. The third kappa shape index (κ3) is 4.06. The number of nitrogens with one attached hydrogen (secondary N) is 2. The molecule has 0 unspecified atom stereocenters. The van der Waals surface area contributed by atoms with Crippen LogP contribution in [0, 0.1) is 6.92 Å². The Morgan fingerprint density at radius 3 is 2.52 bits per heavy atom. The number of hydrogen-bond donors (Lipinski definition) is 2. The molecule has 0 aliphatic heterocycles. The highest BCUT2D eigenvalue weighted by atomic mass is 32.1. The summed E-state index contributed by atoms with van der Waals surface area (Å²) in [5.41, 5.74) is 1.31. The molecular weight excluding hydrogens is 368 g/mol. The van der Waals surface area contributed by atoms with Gasteiger partial charge >= 0.3 is 5.97 Å². The summed E-state index contributed by atoms with van der Waals surface area (Å²) in [4.78, 5) is 37.0. The average Bonchev–Trinajstić information content (AvgIpc) is 3.31. The molecule has 0 spiro atoms. The SMILES string of the molecule is COC(=O)c1ccccc1NC(=O)c1sc(NC(=O)c2ccco2)cc1C. The van der Waals surface area contributed by atoms with Gasteiger partial charge in [0.25, 0.3) is 11.8 Å². The molecule has 1 aromatic carbocycles. The number of ether oxygens (including phenoxy) is 1. The van der Waals surface area contributed by atoms with Gasteiger partial charge in [-0.2, -0.15) is 0 Å². The molecule has 3 rings (SSSR count). The van der Waals surface area contributed by atoms with E-state index in [4.69, 9.17) is 9.15 Å². The molecular formula is C19H16N2O5S. The minimum atomic E-state index is -0.541. The lowest BCUT2D eigenvalue weighted by Gasteiger charge is -2.09. The first-order valence-electron chi connectivity index (χ1n) is 7.93. The minimum absolute atomic E-state index is 0.180. The summed E-state index contributed by atoms with van der Waals surface area (Å²) in [6, 6.07) is 11.4. The van der Waals surface area contributed by atoms with Crippen LogP contribution in [0.15, 0.2) is 53.1 Å². The van der Waals surface area contributed by atoms with Crippen molar-refractivity contribution in [3.63, 3.8) is 0 Å². The third-order valence-electron chi connectivity index (χ3n) is 3.69. The minimum Gasteiger partial charge on any atom is -0.465 e. The molecule has 138 valence electrons. The largest absolute Gasteiger partial charge is 0.465 e. The monoisotopic (exact) mass is 384 g/mol. The van der Waals surface area contributed by atoms with Crippen molar-refractivity contribution < 1.29 is 23.5 Å². The average molecular weight is 384 g/mol. The van der Waals surface area contributed by atoms with Gasteiger partial charge < -0.3 is 19.8 Å². The fourth-order valence-corrected chi connectivity index (χ4v) is 3.37. The summed E-state index contributed by atoms with van der Waals surface area (Å²) in [5, 5.41) is 5.93. The molecule has 0 saturated heterocycles. The first kappa shape index (κ1) is 18.4. The van der Waals surface area contributed by atoms with Crippen LogP contribution in [0.4, 0.5) is 10.7 Å². The number of anilines is 2. The van der Waals surface area contributed by atoms with Crippen LogP contribution < -0.4 is 10.6 Å². The maximum Gasteiger partial charge on any atom is 0.339 e. The van der Waals surface area contributed by atoms with E-state index >= 15 is 0 Å². The first-order chi connectivity index (χ1) is 13.0. The Morgan fingerprint density at radius 2 is 1.81 bits per heavy atom. The number of furan rings is 1. The van der Waals surface area contributed by atoms with Crippen molar-refractivity contribution in [2.24, 2.45) is 0 Å². The number of benzene rings is 1. The maximum atomic E-state index is 12.6. The normalized spacial score (nSPS) is 10.3. The van der Waals surface area contributed by atoms with E-state index in [1.54, 1.807) is 49.4 Å². The Morgan fingerprint density at radius 1 is 1.04 bits per heavy atom. The van der Waals surface area contributed by atoms with Gasteiger partial charge in [0, 0.05) is 0 Å². The number of thiophene rings is 1. The molecule has 2 amide bonds. The second-order valence-electron chi connectivity index (χ2n) is 5.55. The number of carbonyl (C=O) groups excluding carboxylic acids is 3. The molecule has 2 heterocycles.